The van der Waals surface area contributed by atoms with Crippen LogP contribution in [0.15, 0.2) is 23.6 Å². The number of aromatic nitrogens is 1. The van der Waals surface area contributed by atoms with Crippen LogP contribution in [0.1, 0.15) is 23.2 Å². The van der Waals surface area contributed by atoms with Gasteiger partial charge in [0.25, 0.3) is 0 Å². The predicted molar refractivity (Wildman–Crippen MR) is 82.7 cm³/mol. The summed E-state index contributed by atoms with van der Waals surface area (Å²) >= 11 is 4.07. The highest BCUT2D eigenvalue weighted by Gasteiger charge is 2.02. The lowest BCUT2D eigenvalue weighted by Crippen LogP contribution is -2.01. The Kier molecular flexibility index (Phi) is 4.39. The van der Waals surface area contributed by atoms with Crippen molar-refractivity contribution in [1.82, 2.24) is 4.98 Å². The maximum atomic E-state index is 4.55. The lowest BCUT2D eigenvalue weighted by Gasteiger charge is -2.08. The fourth-order valence-electron chi connectivity index (χ4n) is 1.56. The van der Waals surface area contributed by atoms with Gasteiger partial charge < -0.3 is 5.32 Å². The van der Waals surface area contributed by atoms with E-state index >= 15 is 0 Å². The first kappa shape index (κ1) is 12.8. The Morgan fingerprint density at radius 1 is 1.41 bits per heavy atom. The van der Waals surface area contributed by atoms with Crippen LogP contribution in [0.25, 0.3) is 0 Å². The summed E-state index contributed by atoms with van der Waals surface area (Å²) in [5.74, 6) is 0. The molecule has 0 radical (unpaired) electrons. The van der Waals surface area contributed by atoms with Crippen LogP contribution >= 0.6 is 33.9 Å². The molecule has 0 atom stereocenters. The first-order valence-electron chi connectivity index (χ1n) is 5.62. The first-order valence-corrected chi connectivity index (χ1v) is 7.58. The van der Waals surface area contributed by atoms with Crippen molar-refractivity contribution in [3.8, 4) is 0 Å². The highest BCUT2D eigenvalue weighted by atomic mass is 127. The van der Waals surface area contributed by atoms with Crippen LogP contribution in [-0.4, -0.2) is 4.98 Å². The third-order valence-electron chi connectivity index (χ3n) is 2.56. The fourth-order valence-corrected chi connectivity index (χ4v) is 2.80. The normalized spacial score (nSPS) is 10.5. The zero-order valence-electron chi connectivity index (χ0n) is 9.96. The summed E-state index contributed by atoms with van der Waals surface area (Å²) < 4.78 is 1.25. The minimum absolute atomic E-state index is 0.803. The number of halogens is 1. The van der Waals surface area contributed by atoms with Gasteiger partial charge in [0.15, 0.2) is 0 Å². The average Bonchev–Trinajstić information content (AvgIpc) is 2.78. The second-order valence-electron chi connectivity index (χ2n) is 3.90. The molecule has 0 saturated heterocycles. The Morgan fingerprint density at radius 2 is 2.24 bits per heavy atom. The molecule has 2 aromatic rings. The Bertz CT molecular complexity index is 508. The van der Waals surface area contributed by atoms with Gasteiger partial charge in [0, 0.05) is 14.6 Å². The van der Waals surface area contributed by atoms with Gasteiger partial charge in [-0.15, -0.1) is 11.3 Å². The van der Waals surface area contributed by atoms with Crippen LogP contribution in [0, 0.1) is 10.5 Å². The van der Waals surface area contributed by atoms with E-state index in [0.29, 0.717) is 0 Å². The topological polar surface area (TPSA) is 24.9 Å². The van der Waals surface area contributed by atoms with E-state index in [-0.39, 0.29) is 0 Å². The molecule has 2 nitrogen and oxygen atoms in total. The second kappa shape index (κ2) is 5.82. The minimum atomic E-state index is 0.803. The molecule has 1 N–H and O–H groups in total. The number of hydrogen-bond acceptors (Lipinski definition) is 3. The van der Waals surface area contributed by atoms with Crippen LogP contribution in [0.5, 0.6) is 0 Å². The number of nitrogens with one attached hydrogen (secondary N) is 1. The van der Waals surface area contributed by atoms with E-state index in [9.17, 15) is 0 Å². The van der Waals surface area contributed by atoms with E-state index in [1.807, 2.05) is 0 Å². The van der Waals surface area contributed by atoms with Crippen LogP contribution < -0.4 is 5.32 Å². The first-order chi connectivity index (χ1) is 8.19. The van der Waals surface area contributed by atoms with Gasteiger partial charge in [-0.05, 0) is 53.6 Å². The van der Waals surface area contributed by atoms with Crippen molar-refractivity contribution in [3.05, 3.63) is 43.4 Å². The SMILES string of the molecule is CCc1nc(CNc2cc(I)ccc2C)cs1. The molecule has 0 unspecified atom stereocenters. The van der Waals surface area contributed by atoms with Gasteiger partial charge in [0.05, 0.1) is 17.2 Å². The number of thiazole rings is 1. The van der Waals surface area contributed by atoms with Crippen LogP contribution in [0.2, 0.25) is 0 Å². The molecule has 90 valence electrons. The van der Waals surface area contributed by atoms with Gasteiger partial charge in [-0.2, -0.15) is 0 Å². The number of anilines is 1. The van der Waals surface area contributed by atoms with E-state index in [1.165, 1.54) is 19.8 Å². The summed E-state index contributed by atoms with van der Waals surface area (Å²) in [5.41, 5.74) is 3.60. The third kappa shape index (κ3) is 3.42. The van der Waals surface area contributed by atoms with Crippen LogP contribution in [-0.2, 0) is 13.0 Å². The van der Waals surface area contributed by atoms with Crippen LogP contribution in [0.4, 0.5) is 5.69 Å². The van der Waals surface area contributed by atoms with Crippen LogP contribution in [0.3, 0.4) is 0 Å². The van der Waals surface area contributed by atoms with Crippen molar-refractivity contribution >= 4 is 39.6 Å². The molecule has 1 heterocycles. The smallest absolute Gasteiger partial charge is 0.0926 e. The van der Waals surface area contributed by atoms with E-state index in [1.54, 1.807) is 11.3 Å². The van der Waals surface area contributed by atoms with Crippen molar-refractivity contribution < 1.29 is 0 Å². The summed E-state index contributed by atoms with van der Waals surface area (Å²) in [6.07, 6.45) is 1.02. The Balaban J connectivity index is 2.04. The molecule has 2 rings (SSSR count). The molecule has 0 fully saturated rings. The van der Waals surface area contributed by atoms with Gasteiger partial charge in [-0.1, -0.05) is 13.0 Å². The number of aryl methyl sites for hydroxylation is 2. The van der Waals surface area contributed by atoms with E-state index in [2.05, 4.69) is 70.3 Å². The number of benzene rings is 1. The number of hydrogen-bond donors (Lipinski definition) is 1. The Labute approximate surface area is 120 Å². The molecule has 0 saturated carbocycles. The van der Waals surface area contributed by atoms with Gasteiger partial charge in [0.2, 0.25) is 0 Å². The summed E-state index contributed by atoms with van der Waals surface area (Å²) in [6, 6.07) is 6.44. The zero-order chi connectivity index (χ0) is 12.3. The molecule has 0 bridgehead atoms. The molecule has 1 aromatic carbocycles. The van der Waals surface area contributed by atoms with Crippen molar-refractivity contribution in [2.75, 3.05) is 5.32 Å². The predicted octanol–water partition coefficient (Wildman–Crippen LogP) is 4.23. The van der Waals surface area contributed by atoms with Gasteiger partial charge in [-0.25, -0.2) is 4.98 Å². The average molecular weight is 358 g/mol. The lowest BCUT2D eigenvalue weighted by atomic mass is 10.2. The molecule has 0 aliphatic carbocycles. The van der Waals surface area contributed by atoms with E-state index in [0.717, 1.165) is 18.7 Å². The molecule has 0 spiro atoms. The maximum Gasteiger partial charge on any atom is 0.0926 e. The standard InChI is InChI=1S/C13H15IN2S/c1-3-13-16-11(8-17-13)7-15-12-6-10(14)5-4-9(12)2/h4-6,8,15H,3,7H2,1-2H3. The Hall–Kier alpha value is -0.620. The lowest BCUT2D eigenvalue weighted by molar-refractivity contribution is 1.01. The fraction of sp³-hybridized carbons (Fsp3) is 0.308. The highest BCUT2D eigenvalue weighted by Crippen LogP contribution is 2.19. The van der Waals surface area contributed by atoms with Crippen molar-refractivity contribution in [1.29, 1.82) is 0 Å². The molecule has 0 amide bonds. The largest absolute Gasteiger partial charge is 0.379 e. The minimum Gasteiger partial charge on any atom is -0.379 e. The summed E-state index contributed by atoms with van der Waals surface area (Å²) in [5, 5.41) is 6.79. The Morgan fingerprint density at radius 3 is 2.94 bits per heavy atom. The third-order valence-corrected chi connectivity index (χ3v) is 4.27. The van der Waals surface area contributed by atoms with Gasteiger partial charge >= 0.3 is 0 Å². The number of nitrogens with zero attached hydrogens (tertiary/aromatic N) is 1. The van der Waals surface area contributed by atoms with Crippen molar-refractivity contribution in [3.63, 3.8) is 0 Å². The second-order valence-corrected chi connectivity index (χ2v) is 6.09. The molecular formula is C13H15IN2S. The molecule has 0 aliphatic rings. The molecule has 1 aromatic heterocycles. The molecule has 17 heavy (non-hydrogen) atoms. The van der Waals surface area contributed by atoms with E-state index in [4.69, 9.17) is 0 Å². The summed E-state index contributed by atoms with van der Waals surface area (Å²) in [7, 11) is 0. The monoisotopic (exact) mass is 358 g/mol. The summed E-state index contributed by atoms with van der Waals surface area (Å²) in [4.78, 5) is 4.55. The molecule has 0 aliphatic heterocycles. The highest BCUT2D eigenvalue weighted by molar-refractivity contribution is 14.1. The van der Waals surface area contributed by atoms with E-state index < -0.39 is 0 Å². The molecule has 4 heteroatoms. The van der Waals surface area contributed by atoms with Crippen molar-refractivity contribution in [2.45, 2.75) is 26.8 Å². The zero-order valence-corrected chi connectivity index (χ0v) is 12.9. The van der Waals surface area contributed by atoms with Gasteiger partial charge in [-0.3, -0.25) is 0 Å². The number of rotatable bonds is 4. The molecular weight excluding hydrogens is 343 g/mol. The summed E-state index contributed by atoms with van der Waals surface area (Å²) in [6.45, 7) is 5.06. The maximum absolute atomic E-state index is 4.55. The quantitative estimate of drug-likeness (QED) is 0.828. The van der Waals surface area contributed by atoms with Crippen molar-refractivity contribution in [2.24, 2.45) is 0 Å². The van der Waals surface area contributed by atoms with Gasteiger partial charge in [0.1, 0.15) is 0 Å².